The van der Waals surface area contributed by atoms with E-state index < -0.39 is 0 Å². The second-order valence-electron chi connectivity index (χ2n) is 2.88. The van der Waals surface area contributed by atoms with Crippen LogP contribution < -0.4 is 0 Å². The van der Waals surface area contributed by atoms with Crippen molar-refractivity contribution in [2.24, 2.45) is 0 Å². The molecule has 0 aromatic heterocycles. The van der Waals surface area contributed by atoms with Gasteiger partial charge in [0, 0.05) is 5.56 Å². The number of aromatic hydroxyl groups is 1. The predicted octanol–water partition coefficient (Wildman–Crippen LogP) is 3.48. The molecule has 0 aliphatic rings. The number of hydrogen-bond donors (Lipinski definition) is 1. The van der Waals surface area contributed by atoms with Crippen molar-refractivity contribution in [3.63, 3.8) is 0 Å². The van der Waals surface area contributed by atoms with Gasteiger partial charge in [-0.25, -0.2) is 0 Å². The molecule has 2 aromatic rings. The van der Waals surface area contributed by atoms with E-state index in [0.717, 1.165) is 11.1 Å². The smallest absolute Gasteiger partial charge is 0.123 e. The molecule has 2 heteroatoms. The van der Waals surface area contributed by atoms with Crippen molar-refractivity contribution < 1.29 is 5.11 Å². The first-order chi connectivity index (χ1) is 6.38. The highest BCUT2D eigenvalue weighted by Crippen LogP contribution is 2.27. The monoisotopic (exact) mass is 206 g/mol. The molecule has 2 rings (SSSR count). The average Bonchev–Trinajstić information content (AvgIpc) is 2.20. The van der Waals surface area contributed by atoms with Crippen molar-refractivity contribution in [1.82, 2.24) is 0 Å². The van der Waals surface area contributed by atoms with Gasteiger partial charge in [-0.2, -0.15) is 0 Å². The zero-order chi connectivity index (χ0) is 9.10. The molecule has 2 aromatic carbocycles. The van der Waals surface area contributed by atoms with E-state index in [2.05, 4.69) is 0 Å². The van der Waals surface area contributed by atoms with Crippen molar-refractivity contribution in [2.45, 2.75) is 0 Å². The molecule has 1 N–H and O–H groups in total. The van der Waals surface area contributed by atoms with Crippen LogP contribution in [-0.4, -0.2) is 5.11 Å². The van der Waals surface area contributed by atoms with Crippen LogP contribution >= 0.6 is 12.4 Å². The van der Waals surface area contributed by atoms with E-state index in [1.165, 1.54) is 0 Å². The molecule has 0 aliphatic heterocycles. The highest BCUT2D eigenvalue weighted by atomic mass is 35.5. The van der Waals surface area contributed by atoms with Gasteiger partial charge >= 0.3 is 0 Å². The van der Waals surface area contributed by atoms with E-state index in [9.17, 15) is 5.11 Å². The van der Waals surface area contributed by atoms with Crippen LogP contribution in [0.15, 0.2) is 54.6 Å². The summed E-state index contributed by atoms with van der Waals surface area (Å²) < 4.78 is 0. The van der Waals surface area contributed by atoms with Crippen LogP contribution in [0.3, 0.4) is 0 Å². The molecular formula is C12H11ClO. The standard InChI is InChI=1S/C12H10O.ClH/c13-12-9-5-4-8-11(12)10-6-2-1-3-7-10;/h1-9,13H;1H. The van der Waals surface area contributed by atoms with E-state index >= 15 is 0 Å². The fourth-order valence-electron chi connectivity index (χ4n) is 1.34. The van der Waals surface area contributed by atoms with Gasteiger partial charge in [-0.1, -0.05) is 48.5 Å². The normalized spacial score (nSPS) is 9.14. The minimum atomic E-state index is 0. The van der Waals surface area contributed by atoms with Crippen LogP contribution in [0.5, 0.6) is 5.75 Å². The van der Waals surface area contributed by atoms with Gasteiger partial charge < -0.3 is 5.11 Å². The molecule has 0 bridgehead atoms. The topological polar surface area (TPSA) is 20.2 Å². The highest BCUT2D eigenvalue weighted by Gasteiger charge is 2.00. The van der Waals surface area contributed by atoms with Crippen molar-refractivity contribution >= 4 is 12.4 Å². The molecule has 0 amide bonds. The summed E-state index contributed by atoms with van der Waals surface area (Å²) in [6.07, 6.45) is 0. The second-order valence-corrected chi connectivity index (χ2v) is 2.88. The lowest BCUT2D eigenvalue weighted by Crippen LogP contribution is -1.76. The maximum absolute atomic E-state index is 9.56. The zero-order valence-electron chi connectivity index (χ0n) is 7.55. The molecule has 0 aliphatic carbocycles. The number of phenolic OH excluding ortho intramolecular Hbond substituents is 1. The van der Waals surface area contributed by atoms with Gasteiger partial charge in [0.15, 0.2) is 0 Å². The Kier molecular flexibility index (Phi) is 3.55. The Morgan fingerprint density at radius 3 is 1.93 bits per heavy atom. The van der Waals surface area contributed by atoms with Gasteiger partial charge in [0.05, 0.1) is 0 Å². The molecule has 0 heterocycles. The Hall–Kier alpha value is -1.47. The molecule has 0 radical (unpaired) electrons. The van der Waals surface area contributed by atoms with Crippen molar-refractivity contribution in [3.05, 3.63) is 54.6 Å². The van der Waals surface area contributed by atoms with E-state index in [1.807, 2.05) is 48.5 Å². The quantitative estimate of drug-likeness (QED) is 0.758. The first-order valence-electron chi connectivity index (χ1n) is 4.21. The molecule has 0 unspecified atom stereocenters. The Balaban J connectivity index is 0.000000980. The Morgan fingerprint density at radius 2 is 1.29 bits per heavy atom. The first kappa shape index (κ1) is 10.6. The summed E-state index contributed by atoms with van der Waals surface area (Å²) in [5.41, 5.74) is 1.92. The SMILES string of the molecule is Cl.Oc1ccccc1-c1ccccc1. The fourth-order valence-corrected chi connectivity index (χ4v) is 1.34. The first-order valence-corrected chi connectivity index (χ1v) is 4.21. The van der Waals surface area contributed by atoms with Crippen LogP contribution in [0, 0.1) is 0 Å². The fraction of sp³-hybridized carbons (Fsp3) is 0. The molecule has 14 heavy (non-hydrogen) atoms. The van der Waals surface area contributed by atoms with Crippen LogP contribution in [0.1, 0.15) is 0 Å². The van der Waals surface area contributed by atoms with Crippen LogP contribution in [0.4, 0.5) is 0 Å². The maximum Gasteiger partial charge on any atom is 0.123 e. The molecule has 0 saturated carbocycles. The molecule has 0 atom stereocenters. The summed E-state index contributed by atoms with van der Waals surface area (Å²) in [5.74, 6) is 0.328. The molecule has 1 nitrogen and oxygen atoms in total. The highest BCUT2D eigenvalue weighted by molar-refractivity contribution is 5.85. The van der Waals surface area contributed by atoms with Crippen molar-refractivity contribution in [3.8, 4) is 16.9 Å². The summed E-state index contributed by atoms with van der Waals surface area (Å²) in [6, 6.07) is 17.2. The average molecular weight is 207 g/mol. The van der Waals surface area contributed by atoms with Crippen LogP contribution in [0.2, 0.25) is 0 Å². The Morgan fingerprint density at radius 1 is 0.714 bits per heavy atom. The third kappa shape index (κ3) is 2.06. The third-order valence-corrected chi connectivity index (χ3v) is 1.99. The summed E-state index contributed by atoms with van der Waals surface area (Å²) >= 11 is 0. The Labute approximate surface area is 89.4 Å². The number of rotatable bonds is 1. The number of halogens is 1. The molecule has 0 fully saturated rings. The lowest BCUT2D eigenvalue weighted by Gasteiger charge is -2.02. The molecular weight excluding hydrogens is 196 g/mol. The molecule has 72 valence electrons. The summed E-state index contributed by atoms with van der Waals surface area (Å²) in [6.45, 7) is 0. The van der Waals surface area contributed by atoms with Crippen molar-refractivity contribution in [1.29, 1.82) is 0 Å². The number of para-hydroxylation sites is 1. The number of phenols is 1. The maximum atomic E-state index is 9.56. The third-order valence-electron chi connectivity index (χ3n) is 1.99. The van der Waals surface area contributed by atoms with Crippen LogP contribution in [0.25, 0.3) is 11.1 Å². The number of benzene rings is 2. The minimum Gasteiger partial charge on any atom is -0.507 e. The number of hydrogen-bond acceptors (Lipinski definition) is 1. The van der Waals surface area contributed by atoms with Gasteiger partial charge in [-0.3, -0.25) is 0 Å². The lowest BCUT2D eigenvalue weighted by atomic mass is 10.1. The minimum absolute atomic E-state index is 0. The largest absolute Gasteiger partial charge is 0.507 e. The van der Waals surface area contributed by atoms with Gasteiger partial charge in [0.25, 0.3) is 0 Å². The summed E-state index contributed by atoms with van der Waals surface area (Å²) in [7, 11) is 0. The van der Waals surface area contributed by atoms with Gasteiger partial charge in [-0.05, 0) is 11.6 Å². The van der Waals surface area contributed by atoms with E-state index in [0.29, 0.717) is 5.75 Å². The van der Waals surface area contributed by atoms with Crippen LogP contribution in [-0.2, 0) is 0 Å². The lowest BCUT2D eigenvalue weighted by molar-refractivity contribution is 0.477. The van der Waals surface area contributed by atoms with Gasteiger partial charge in [0.2, 0.25) is 0 Å². The van der Waals surface area contributed by atoms with Gasteiger partial charge in [-0.15, -0.1) is 12.4 Å². The van der Waals surface area contributed by atoms with Gasteiger partial charge in [0.1, 0.15) is 5.75 Å². The molecule has 0 saturated heterocycles. The Bertz CT molecular complexity index is 398. The second kappa shape index (κ2) is 4.68. The van der Waals surface area contributed by atoms with Crippen molar-refractivity contribution in [2.75, 3.05) is 0 Å². The summed E-state index contributed by atoms with van der Waals surface area (Å²) in [5, 5.41) is 9.56. The molecule has 0 spiro atoms. The van der Waals surface area contributed by atoms with E-state index in [1.54, 1.807) is 6.07 Å². The summed E-state index contributed by atoms with van der Waals surface area (Å²) in [4.78, 5) is 0. The zero-order valence-corrected chi connectivity index (χ0v) is 8.37. The van der Waals surface area contributed by atoms with E-state index in [4.69, 9.17) is 0 Å². The predicted molar refractivity (Wildman–Crippen MR) is 60.8 cm³/mol. The van der Waals surface area contributed by atoms with E-state index in [-0.39, 0.29) is 12.4 Å².